The third-order valence-electron chi connectivity index (χ3n) is 3.40. The van der Waals surface area contributed by atoms with Crippen LogP contribution in [0.1, 0.15) is 36.0 Å². The molecule has 22 heavy (non-hydrogen) atoms. The monoisotopic (exact) mass is 332 g/mol. The number of Topliss-reactive ketones (excluding diaryl/α,β-unsaturated/α-hetero) is 1. The molecule has 1 aliphatic carbocycles. The Morgan fingerprint density at radius 1 is 1.18 bits per heavy atom. The van der Waals surface area contributed by atoms with E-state index in [1.165, 1.54) is 0 Å². The summed E-state index contributed by atoms with van der Waals surface area (Å²) in [6.45, 7) is 0. The van der Waals surface area contributed by atoms with E-state index in [0.29, 0.717) is 12.8 Å². The van der Waals surface area contributed by atoms with E-state index in [4.69, 9.17) is 4.74 Å². The lowest BCUT2D eigenvalue weighted by atomic mass is 9.96. The number of benzene rings is 1. The Balaban J connectivity index is 2.10. The molecule has 0 heterocycles. The molecular formula is C14H14F2O5S. The Hall–Kier alpha value is -1.83. The minimum Gasteiger partial charge on any atom is -0.451 e. The molecule has 0 spiro atoms. The molecule has 5 nitrogen and oxygen atoms in total. The van der Waals surface area contributed by atoms with Crippen molar-refractivity contribution in [2.45, 2.75) is 42.4 Å². The molecule has 1 aromatic carbocycles. The van der Waals surface area contributed by atoms with E-state index in [0.717, 1.165) is 37.1 Å². The van der Waals surface area contributed by atoms with Gasteiger partial charge in [0.2, 0.25) is 9.84 Å². The normalized spacial score (nSPS) is 19.2. The first-order valence-corrected chi connectivity index (χ1v) is 8.23. The number of alkyl halides is 2. The molecule has 0 saturated heterocycles. The smallest absolute Gasteiger partial charge is 0.341 e. The summed E-state index contributed by atoms with van der Waals surface area (Å²) in [7, 11) is -4.69. The fourth-order valence-electron chi connectivity index (χ4n) is 2.16. The van der Waals surface area contributed by atoms with Gasteiger partial charge in [-0.05, 0) is 43.5 Å². The molecule has 0 radical (unpaired) electrons. The first kappa shape index (κ1) is 16.5. The van der Waals surface area contributed by atoms with Gasteiger partial charge in [-0.25, -0.2) is 13.2 Å². The summed E-state index contributed by atoms with van der Waals surface area (Å²) < 4.78 is 52.4. The van der Waals surface area contributed by atoms with Crippen LogP contribution >= 0.6 is 0 Å². The highest BCUT2D eigenvalue weighted by atomic mass is 32.2. The fraction of sp³-hybridized carbons (Fsp3) is 0.429. The van der Waals surface area contributed by atoms with Gasteiger partial charge in [0, 0.05) is 6.42 Å². The highest BCUT2D eigenvalue weighted by molar-refractivity contribution is 7.91. The Bertz CT molecular complexity index is 667. The minimum atomic E-state index is -4.69. The second-order valence-corrected chi connectivity index (χ2v) is 6.85. The second-order valence-electron chi connectivity index (χ2n) is 4.94. The van der Waals surface area contributed by atoms with Gasteiger partial charge in [0.15, 0.2) is 11.9 Å². The highest BCUT2D eigenvalue weighted by Gasteiger charge is 2.28. The molecule has 0 bridgehead atoms. The SMILES string of the molecule is O=C(O[C@H]1CCCCC1=O)c1ccc(S(=O)(=O)C(F)F)cc1. The predicted molar refractivity (Wildman–Crippen MR) is 72.3 cm³/mol. The fourth-order valence-corrected chi connectivity index (χ4v) is 2.88. The Morgan fingerprint density at radius 3 is 2.36 bits per heavy atom. The summed E-state index contributed by atoms with van der Waals surface area (Å²) in [6, 6.07) is 4.01. The summed E-state index contributed by atoms with van der Waals surface area (Å²) >= 11 is 0. The lowest BCUT2D eigenvalue weighted by Gasteiger charge is -2.20. The molecule has 1 atom stereocenters. The van der Waals surface area contributed by atoms with Gasteiger partial charge in [-0.2, -0.15) is 8.78 Å². The van der Waals surface area contributed by atoms with Gasteiger partial charge in [-0.15, -0.1) is 0 Å². The largest absolute Gasteiger partial charge is 0.451 e. The molecule has 8 heteroatoms. The molecule has 1 aromatic rings. The van der Waals surface area contributed by atoms with Gasteiger partial charge < -0.3 is 4.74 Å². The number of hydrogen-bond donors (Lipinski definition) is 0. The number of ketones is 1. The van der Waals surface area contributed by atoms with E-state index < -0.39 is 32.6 Å². The molecule has 1 saturated carbocycles. The van der Waals surface area contributed by atoms with Crippen LogP contribution in [0, 0.1) is 0 Å². The number of carbonyl (C=O) groups is 2. The van der Waals surface area contributed by atoms with Crippen LogP contribution in [0.4, 0.5) is 8.78 Å². The summed E-state index contributed by atoms with van der Waals surface area (Å²) in [5, 5.41) is 0. The van der Waals surface area contributed by atoms with Crippen LogP contribution in [0.15, 0.2) is 29.2 Å². The number of esters is 1. The number of ether oxygens (including phenoxy) is 1. The number of halogens is 2. The molecule has 1 aliphatic rings. The molecule has 1 fully saturated rings. The lowest BCUT2D eigenvalue weighted by molar-refractivity contribution is -0.129. The minimum absolute atomic E-state index is 0.00610. The van der Waals surface area contributed by atoms with Gasteiger partial charge in [0.05, 0.1) is 10.5 Å². The summed E-state index contributed by atoms with van der Waals surface area (Å²) in [5.41, 5.74) is 0.00610. The van der Waals surface area contributed by atoms with Gasteiger partial charge >= 0.3 is 11.7 Å². The first-order chi connectivity index (χ1) is 10.3. The molecule has 0 unspecified atom stereocenters. The van der Waals surface area contributed by atoms with Crippen molar-refractivity contribution in [2.75, 3.05) is 0 Å². The van der Waals surface area contributed by atoms with Crippen molar-refractivity contribution in [1.82, 2.24) is 0 Å². The predicted octanol–water partition coefficient (Wildman–Crippen LogP) is 2.35. The summed E-state index contributed by atoms with van der Waals surface area (Å²) in [5.74, 6) is -4.44. The van der Waals surface area contributed by atoms with E-state index in [2.05, 4.69) is 0 Å². The van der Waals surface area contributed by atoms with Crippen molar-refractivity contribution >= 4 is 21.6 Å². The Kier molecular flexibility index (Phi) is 4.90. The third kappa shape index (κ3) is 3.49. The van der Waals surface area contributed by atoms with E-state index in [9.17, 15) is 26.8 Å². The van der Waals surface area contributed by atoms with Crippen molar-refractivity contribution in [3.05, 3.63) is 29.8 Å². The summed E-state index contributed by atoms with van der Waals surface area (Å²) in [4.78, 5) is 22.9. The molecule has 2 rings (SSSR count). The zero-order valence-corrected chi connectivity index (χ0v) is 12.3. The van der Waals surface area contributed by atoms with Crippen molar-refractivity contribution < 1.29 is 31.5 Å². The lowest BCUT2D eigenvalue weighted by Crippen LogP contribution is -2.30. The number of hydrogen-bond acceptors (Lipinski definition) is 5. The maximum Gasteiger partial charge on any atom is 0.341 e. The van der Waals surface area contributed by atoms with E-state index >= 15 is 0 Å². The van der Waals surface area contributed by atoms with Crippen LogP contribution in [-0.2, 0) is 19.4 Å². The van der Waals surface area contributed by atoms with E-state index in [-0.39, 0.29) is 11.3 Å². The van der Waals surface area contributed by atoms with Gasteiger partial charge in [0.25, 0.3) is 0 Å². The van der Waals surface area contributed by atoms with Crippen LogP contribution in [-0.4, -0.2) is 32.0 Å². The van der Waals surface area contributed by atoms with Crippen molar-refractivity contribution in [3.8, 4) is 0 Å². The van der Waals surface area contributed by atoms with Gasteiger partial charge in [0.1, 0.15) is 0 Å². The van der Waals surface area contributed by atoms with Crippen LogP contribution in [0.3, 0.4) is 0 Å². The van der Waals surface area contributed by atoms with Crippen molar-refractivity contribution in [3.63, 3.8) is 0 Å². The molecule has 0 N–H and O–H groups in total. The zero-order valence-electron chi connectivity index (χ0n) is 11.5. The van der Waals surface area contributed by atoms with Gasteiger partial charge in [-0.3, -0.25) is 4.79 Å². The number of carbonyl (C=O) groups excluding carboxylic acids is 2. The standard InChI is InChI=1S/C14H14F2O5S/c15-14(16)22(19,20)10-7-5-9(6-8-10)13(18)21-12-4-2-1-3-11(12)17/h5-8,12,14H,1-4H2/t12-/m0/s1. The van der Waals surface area contributed by atoms with E-state index in [1.807, 2.05) is 0 Å². The quantitative estimate of drug-likeness (QED) is 0.791. The van der Waals surface area contributed by atoms with Crippen LogP contribution in [0.25, 0.3) is 0 Å². The molecule has 0 aliphatic heterocycles. The van der Waals surface area contributed by atoms with Crippen LogP contribution in [0.5, 0.6) is 0 Å². The van der Waals surface area contributed by atoms with Gasteiger partial charge in [-0.1, -0.05) is 0 Å². The van der Waals surface area contributed by atoms with Crippen molar-refractivity contribution in [1.29, 1.82) is 0 Å². The van der Waals surface area contributed by atoms with Crippen LogP contribution in [0.2, 0.25) is 0 Å². The topological polar surface area (TPSA) is 77.5 Å². The third-order valence-corrected chi connectivity index (χ3v) is 4.80. The molecule has 120 valence electrons. The van der Waals surface area contributed by atoms with E-state index in [1.54, 1.807) is 0 Å². The van der Waals surface area contributed by atoms with Crippen LogP contribution < -0.4 is 0 Å². The average Bonchev–Trinajstić information content (AvgIpc) is 2.49. The zero-order chi connectivity index (χ0) is 16.3. The number of rotatable bonds is 4. The molecule has 0 amide bonds. The second kappa shape index (κ2) is 6.51. The first-order valence-electron chi connectivity index (χ1n) is 6.68. The molecule has 0 aromatic heterocycles. The maximum absolute atomic E-state index is 12.4. The highest BCUT2D eigenvalue weighted by Crippen LogP contribution is 2.21. The number of sulfone groups is 1. The maximum atomic E-state index is 12.4. The molecular weight excluding hydrogens is 318 g/mol. The van der Waals surface area contributed by atoms with Crippen molar-refractivity contribution in [2.24, 2.45) is 0 Å². The Labute approximate surface area is 126 Å². The Morgan fingerprint density at radius 2 is 1.82 bits per heavy atom. The average molecular weight is 332 g/mol. The summed E-state index contributed by atoms with van der Waals surface area (Å²) in [6.07, 6.45) is 1.60.